The SMILES string of the molecule is CCCC(C(=O)NC1CCN(CCC)CC1)C(N)=S. The second kappa shape index (κ2) is 8.48. The lowest BCUT2D eigenvalue weighted by Crippen LogP contribution is -2.48. The van der Waals surface area contributed by atoms with Gasteiger partial charge in [0.1, 0.15) is 0 Å². The van der Waals surface area contributed by atoms with Crippen LogP contribution in [0.15, 0.2) is 0 Å². The van der Waals surface area contributed by atoms with Crippen LogP contribution in [-0.2, 0) is 4.79 Å². The van der Waals surface area contributed by atoms with Crippen LogP contribution in [0.3, 0.4) is 0 Å². The average Bonchev–Trinajstić information content (AvgIpc) is 2.38. The number of hydrogen-bond donors (Lipinski definition) is 2. The number of carbonyl (C=O) groups excluding carboxylic acids is 1. The highest BCUT2D eigenvalue weighted by Crippen LogP contribution is 2.13. The molecule has 3 N–H and O–H groups in total. The Morgan fingerprint density at radius 3 is 2.47 bits per heavy atom. The molecule has 0 aliphatic carbocycles. The largest absolute Gasteiger partial charge is 0.393 e. The van der Waals surface area contributed by atoms with Crippen molar-refractivity contribution in [1.29, 1.82) is 0 Å². The Kier molecular flexibility index (Phi) is 7.31. The molecule has 0 radical (unpaired) electrons. The zero-order valence-corrected chi connectivity index (χ0v) is 13.0. The van der Waals surface area contributed by atoms with E-state index in [1.165, 1.54) is 6.42 Å². The monoisotopic (exact) mass is 285 g/mol. The van der Waals surface area contributed by atoms with Crippen LogP contribution in [0.25, 0.3) is 0 Å². The fourth-order valence-electron chi connectivity index (χ4n) is 2.61. The predicted molar refractivity (Wildman–Crippen MR) is 83.1 cm³/mol. The summed E-state index contributed by atoms with van der Waals surface area (Å²) >= 11 is 4.99. The highest BCUT2D eigenvalue weighted by molar-refractivity contribution is 7.80. The molecule has 0 spiro atoms. The number of thiocarbonyl (C=S) groups is 1. The van der Waals surface area contributed by atoms with E-state index in [2.05, 4.69) is 17.1 Å². The van der Waals surface area contributed by atoms with Gasteiger partial charge in [0, 0.05) is 19.1 Å². The topological polar surface area (TPSA) is 58.4 Å². The van der Waals surface area contributed by atoms with Crippen molar-refractivity contribution in [3.05, 3.63) is 0 Å². The molecule has 1 aliphatic rings. The lowest BCUT2D eigenvalue weighted by Gasteiger charge is -2.32. The number of likely N-dealkylation sites (tertiary alicyclic amines) is 1. The van der Waals surface area contributed by atoms with E-state index < -0.39 is 0 Å². The third-order valence-electron chi connectivity index (χ3n) is 3.71. The third kappa shape index (κ3) is 5.45. The second-order valence-electron chi connectivity index (χ2n) is 5.37. The molecule has 1 fully saturated rings. The van der Waals surface area contributed by atoms with Crippen molar-refractivity contribution in [2.45, 2.75) is 52.0 Å². The van der Waals surface area contributed by atoms with Crippen molar-refractivity contribution < 1.29 is 4.79 Å². The van der Waals surface area contributed by atoms with Crippen molar-refractivity contribution >= 4 is 23.1 Å². The van der Waals surface area contributed by atoms with Crippen LogP contribution in [-0.4, -0.2) is 41.5 Å². The van der Waals surface area contributed by atoms with Crippen LogP contribution in [0.2, 0.25) is 0 Å². The van der Waals surface area contributed by atoms with E-state index in [4.69, 9.17) is 18.0 Å². The molecule has 110 valence electrons. The van der Waals surface area contributed by atoms with Crippen molar-refractivity contribution in [3.63, 3.8) is 0 Å². The molecule has 0 bridgehead atoms. The number of carbonyl (C=O) groups is 1. The summed E-state index contributed by atoms with van der Waals surface area (Å²) in [5.41, 5.74) is 5.65. The first-order valence-electron chi connectivity index (χ1n) is 7.40. The van der Waals surface area contributed by atoms with Gasteiger partial charge >= 0.3 is 0 Å². The summed E-state index contributed by atoms with van der Waals surface area (Å²) in [6.45, 7) is 7.55. The Morgan fingerprint density at radius 1 is 1.37 bits per heavy atom. The van der Waals surface area contributed by atoms with Crippen molar-refractivity contribution in [1.82, 2.24) is 10.2 Å². The van der Waals surface area contributed by atoms with E-state index in [0.29, 0.717) is 4.99 Å². The van der Waals surface area contributed by atoms with E-state index in [9.17, 15) is 4.79 Å². The first-order chi connectivity index (χ1) is 9.08. The van der Waals surface area contributed by atoms with Gasteiger partial charge in [0.25, 0.3) is 0 Å². The van der Waals surface area contributed by atoms with Gasteiger partial charge in [-0.15, -0.1) is 0 Å². The lowest BCUT2D eigenvalue weighted by molar-refractivity contribution is -0.124. The van der Waals surface area contributed by atoms with Gasteiger partial charge in [0.15, 0.2) is 0 Å². The molecule has 1 unspecified atom stereocenters. The zero-order valence-electron chi connectivity index (χ0n) is 12.2. The summed E-state index contributed by atoms with van der Waals surface area (Å²) in [7, 11) is 0. The Bertz CT molecular complexity index is 301. The minimum atomic E-state index is -0.298. The minimum Gasteiger partial charge on any atom is -0.393 e. The second-order valence-corrected chi connectivity index (χ2v) is 5.84. The molecular formula is C14H27N3OS. The number of nitrogens with zero attached hydrogens (tertiary/aromatic N) is 1. The van der Waals surface area contributed by atoms with Crippen LogP contribution in [0.1, 0.15) is 46.0 Å². The fourth-order valence-corrected chi connectivity index (χ4v) is 2.84. The normalized spacial score (nSPS) is 19.1. The fraction of sp³-hybridized carbons (Fsp3) is 0.857. The summed E-state index contributed by atoms with van der Waals surface area (Å²) in [6, 6.07) is 0.286. The Hall–Kier alpha value is -0.680. The van der Waals surface area contributed by atoms with Gasteiger partial charge in [-0.1, -0.05) is 32.5 Å². The summed E-state index contributed by atoms with van der Waals surface area (Å²) in [4.78, 5) is 14.9. The number of nitrogens with two attached hydrogens (primary N) is 1. The molecular weight excluding hydrogens is 258 g/mol. The Labute approximate surface area is 122 Å². The molecule has 1 saturated heterocycles. The van der Waals surface area contributed by atoms with Crippen LogP contribution in [0.4, 0.5) is 0 Å². The number of hydrogen-bond acceptors (Lipinski definition) is 3. The number of rotatable bonds is 7. The van der Waals surface area contributed by atoms with Crippen LogP contribution >= 0.6 is 12.2 Å². The molecule has 1 atom stereocenters. The maximum Gasteiger partial charge on any atom is 0.230 e. The Morgan fingerprint density at radius 2 is 2.00 bits per heavy atom. The molecule has 0 saturated carbocycles. The number of amides is 1. The lowest BCUT2D eigenvalue weighted by atomic mass is 10.00. The maximum atomic E-state index is 12.2. The first-order valence-corrected chi connectivity index (χ1v) is 7.81. The molecule has 1 aliphatic heterocycles. The summed E-state index contributed by atoms with van der Waals surface area (Å²) in [6.07, 6.45) is 4.92. The van der Waals surface area contributed by atoms with Crippen molar-refractivity contribution in [3.8, 4) is 0 Å². The van der Waals surface area contributed by atoms with Gasteiger partial charge in [-0.05, 0) is 32.2 Å². The molecule has 0 aromatic carbocycles. The molecule has 1 amide bonds. The van der Waals surface area contributed by atoms with Crippen LogP contribution in [0.5, 0.6) is 0 Å². The zero-order chi connectivity index (χ0) is 14.3. The third-order valence-corrected chi connectivity index (χ3v) is 4.00. The molecule has 4 nitrogen and oxygen atoms in total. The number of nitrogens with one attached hydrogen (secondary N) is 1. The van der Waals surface area contributed by atoms with Crippen LogP contribution < -0.4 is 11.1 Å². The van der Waals surface area contributed by atoms with Crippen LogP contribution in [0, 0.1) is 5.92 Å². The highest BCUT2D eigenvalue weighted by Gasteiger charge is 2.25. The van der Waals surface area contributed by atoms with Gasteiger partial charge in [-0.25, -0.2) is 0 Å². The van der Waals surface area contributed by atoms with E-state index in [1.54, 1.807) is 0 Å². The quantitative estimate of drug-likeness (QED) is 0.699. The number of piperidine rings is 1. The molecule has 0 aromatic heterocycles. The molecule has 1 rings (SSSR count). The van der Waals surface area contributed by atoms with Crippen molar-refractivity contribution in [2.75, 3.05) is 19.6 Å². The molecule has 19 heavy (non-hydrogen) atoms. The molecule has 1 heterocycles. The van der Waals surface area contributed by atoms with E-state index in [-0.39, 0.29) is 17.9 Å². The maximum absolute atomic E-state index is 12.2. The average molecular weight is 285 g/mol. The molecule has 0 aromatic rings. The van der Waals surface area contributed by atoms with E-state index >= 15 is 0 Å². The highest BCUT2D eigenvalue weighted by atomic mass is 32.1. The minimum absolute atomic E-state index is 0.0169. The van der Waals surface area contributed by atoms with Gasteiger partial charge in [0.2, 0.25) is 5.91 Å². The van der Waals surface area contributed by atoms with Crippen molar-refractivity contribution in [2.24, 2.45) is 11.7 Å². The summed E-state index contributed by atoms with van der Waals surface area (Å²) < 4.78 is 0. The standard InChI is InChI=1S/C14H27N3OS/c1-3-5-12(13(15)19)14(18)16-11-6-9-17(8-4-2)10-7-11/h11-12H,3-10H2,1-2H3,(H2,15,19)(H,16,18). The predicted octanol–water partition coefficient (Wildman–Crippen LogP) is 1.68. The van der Waals surface area contributed by atoms with Gasteiger partial charge in [-0.3, -0.25) is 4.79 Å². The smallest absolute Gasteiger partial charge is 0.230 e. The summed E-state index contributed by atoms with van der Waals surface area (Å²) in [5, 5.41) is 3.11. The first kappa shape index (κ1) is 16.4. The van der Waals surface area contributed by atoms with Gasteiger partial charge in [0.05, 0.1) is 10.9 Å². The Balaban J connectivity index is 2.38. The van der Waals surface area contributed by atoms with Gasteiger partial charge < -0.3 is 16.0 Å². The summed E-state index contributed by atoms with van der Waals surface area (Å²) in [5.74, 6) is -0.281. The van der Waals surface area contributed by atoms with E-state index in [1.807, 2.05) is 6.92 Å². The molecule has 5 heteroatoms. The van der Waals surface area contributed by atoms with Gasteiger partial charge in [-0.2, -0.15) is 0 Å². The van der Waals surface area contributed by atoms with E-state index in [0.717, 1.165) is 45.3 Å².